The maximum Gasteiger partial charge on any atom is 0.284 e. The van der Waals surface area contributed by atoms with Gasteiger partial charge in [0.2, 0.25) is 0 Å². The number of anilines is 1. The topological polar surface area (TPSA) is 110 Å². The molecule has 1 aliphatic heterocycles. The molecule has 6 rings (SSSR count). The molecule has 4 aromatic rings. The van der Waals surface area contributed by atoms with E-state index >= 15 is 0 Å². The summed E-state index contributed by atoms with van der Waals surface area (Å²) >= 11 is 0. The van der Waals surface area contributed by atoms with Gasteiger partial charge in [0.05, 0.1) is 41.9 Å². The van der Waals surface area contributed by atoms with Gasteiger partial charge in [-0.25, -0.2) is 28.8 Å². The summed E-state index contributed by atoms with van der Waals surface area (Å²) < 4.78 is 30.2. The van der Waals surface area contributed by atoms with Crippen molar-refractivity contribution in [3.63, 3.8) is 0 Å². The molecule has 2 aliphatic rings. The molecule has 1 aliphatic carbocycles. The van der Waals surface area contributed by atoms with E-state index in [9.17, 15) is 13.6 Å². The van der Waals surface area contributed by atoms with E-state index in [-0.39, 0.29) is 17.4 Å². The molecule has 0 bridgehead atoms. The van der Waals surface area contributed by atoms with Crippen LogP contribution in [0.25, 0.3) is 16.9 Å². The van der Waals surface area contributed by atoms with Crippen LogP contribution in [0.15, 0.2) is 36.9 Å². The van der Waals surface area contributed by atoms with Crippen molar-refractivity contribution in [1.29, 1.82) is 0 Å². The molecule has 13 heteroatoms. The molecule has 0 atom stereocenters. The molecule has 1 saturated heterocycles. The number of rotatable bonds is 6. The SMILES string of the molecule is O=C(Nc1cn(C2CCC2)nc1C(F)F)c1ccn2ncc(-c3ccnn3N3CCCN3)c2n1. The lowest BCUT2D eigenvalue weighted by atomic mass is 9.93. The van der Waals surface area contributed by atoms with Crippen LogP contribution in [0.4, 0.5) is 14.5 Å². The van der Waals surface area contributed by atoms with E-state index in [1.807, 2.05) is 11.2 Å². The molecule has 4 aromatic heterocycles. The van der Waals surface area contributed by atoms with Crippen LogP contribution in [-0.2, 0) is 0 Å². The normalized spacial score (nSPS) is 16.5. The number of fused-ring (bicyclic) bond motifs is 1. The monoisotopic (exact) mass is 468 g/mol. The first-order chi connectivity index (χ1) is 16.6. The molecular weight excluding hydrogens is 446 g/mol. The zero-order valence-corrected chi connectivity index (χ0v) is 18.1. The van der Waals surface area contributed by atoms with Crippen molar-refractivity contribution in [3.05, 3.63) is 48.3 Å². The number of hydrogen-bond acceptors (Lipinski definition) is 7. The summed E-state index contributed by atoms with van der Waals surface area (Å²) in [4.78, 5) is 19.2. The van der Waals surface area contributed by atoms with Crippen LogP contribution in [-0.4, -0.2) is 53.3 Å². The number of nitrogens with zero attached hydrogens (tertiary/aromatic N) is 8. The quantitative estimate of drug-likeness (QED) is 0.448. The van der Waals surface area contributed by atoms with Crippen LogP contribution in [0.2, 0.25) is 0 Å². The second-order valence-corrected chi connectivity index (χ2v) is 8.38. The van der Waals surface area contributed by atoms with E-state index in [2.05, 4.69) is 31.0 Å². The molecule has 2 N–H and O–H groups in total. The maximum atomic E-state index is 13.5. The molecule has 0 spiro atoms. The van der Waals surface area contributed by atoms with Gasteiger partial charge in [-0.05, 0) is 37.8 Å². The average Bonchev–Trinajstić information content (AvgIpc) is 3.56. The molecule has 11 nitrogen and oxygen atoms in total. The Labute approximate surface area is 192 Å². The summed E-state index contributed by atoms with van der Waals surface area (Å²) in [7, 11) is 0. The van der Waals surface area contributed by atoms with Crippen LogP contribution in [0.1, 0.15) is 54.3 Å². The third kappa shape index (κ3) is 3.48. The Kier molecular flexibility index (Phi) is 4.98. The minimum Gasteiger partial charge on any atom is -0.318 e. The fourth-order valence-corrected chi connectivity index (χ4v) is 4.23. The predicted molar refractivity (Wildman–Crippen MR) is 118 cm³/mol. The number of halogens is 2. The van der Waals surface area contributed by atoms with Crippen molar-refractivity contribution in [1.82, 2.24) is 39.7 Å². The van der Waals surface area contributed by atoms with Gasteiger partial charge in [-0.15, -0.1) is 0 Å². The number of hydrogen-bond donors (Lipinski definition) is 2. The minimum absolute atomic E-state index is 0.000453. The van der Waals surface area contributed by atoms with Gasteiger partial charge in [0.1, 0.15) is 5.69 Å². The predicted octanol–water partition coefficient (Wildman–Crippen LogP) is 2.55. The maximum absolute atomic E-state index is 13.5. The Hall–Kier alpha value is -3.87. The van der Waals surface area contributed by atoms with Crippen LogP contribution in [0, 0.1) is 0 Å². The molecule has 34 heavy (non-hydrogen) atoms. The molecular formula is C21H22F2N10O. The van der Waals surface area contributed by atoms with Crippen molar-refractivity contribution in [2.75, 3.05) is 23.5 Å². The first-order valence-corrected chi connectivity index (χ1v) is 11.2. The first-order valence-electron chi connectivity index (χ1n) is 11.2. The second kappa shape index (κ2) is 8.17. The third-order valence-electron chi connectivity index (χ3n) is 6.24. The molecule has 1 amide bonds. The average molecular weight is 468 g/mol. The van der Waals surface area contributed by atoms with Gasteiger partial charge < -0.3 is 5.32 Å². The second-order valence-electron chi connectivity index (χ2n) is 8.38. The summed E-state index contributed by atoms with van der Waals surface area (Å²) in [6.07, 6.45) is 7.46. The Morgan fingerprint density at radius 3 is 2.82 bits per heavy atom. The van der Waals surface area contributed by atoms with E-state index in [1.165, 1.54) is 16.9 Å². The van der Waals surface area contributed by atoms with Crippen molar-refractivity contribution in [3.8, 4) is 11.3 Å². The molecule has 176 valence electrons. The molecule has 0 aromatic carbocycles. The van der Waals surface area contributed by atoms with Crippen LogP contribution >= 0.6 is 0 Å². The third-order valence-corrected chi connectivity index (χ3v) is 6.24. The van der Waals surface area contributed by atoms with Crippen LogP contribution < -0.4 is 15.9 Å². The molecule has 2 fully saturated rings. The minimum atomic E-state index is -2.80. The van der Waals surface area contributed by atoms with Crippen LogP contribution in [0.5, 0.6) is 0 Å². The lowest BCUT2D eigenvalue weighted by molar-refractivity contribution is 0.102. The smallest absolute Gasteiger partial charge is 0.284 e. The fraction of sp³-hybridized carbons (Fsp3) is 0.381. The number of carbonyl (C=O) groups is 1. The summed E-state index contributed by atoms with van der Waals surface area (Å²) in [6.45, 7) is 1.66. The zero-order valence-electron chi connectivity index (χ0n) is 18.1. The van der Waals surface area contributed by atoms with E-state index in [0.29, 0.717) is 11.2 Å². The number of hydrazine groups is 1. The number of aromatic nitrogens is 7. The van der Waals surface area contributed by atoms with Crippen molar-refractivity contribution in [2.24, 2.45) is 0 Å². The lowest BCUT2D eigenvalue weighted by Crippen LogP contribution is -2.41. The van der Waals surface area contributed by atoms with E-state index < -0.39 is 18.0 Å². The lowest BCUT2D eigenvalue weighted by Gasteiger charge is -2.25. The molecule has 0 radical (unpaired) electrons. The number of alkyl halides is 2. The fourth-order valence-electron chi connectivity index (χ4n) is 4.23. The Morgan fingerprint density at radius 2 is 2.09 bits per heavy atom. The highest BCUT2D eigenvalue weighted by Gasteiger charge is 2.27. The van der Waals surface area contributed by atoms with Gasteiger partial charge >= 0.3 is 0 Å². The number of carbonyl (C=O) groups excluding carboxylic acids is 1. The van der Waals surface area contributed by atoms with E-state index in [1.54, 1.807) is 27.9 Å². The van der Waals surface area contributed by atoms with Gasteiger partial charge in [-0.1, -0.05) is 0 Å². The van der Waals surface area contributed by atoms with Gasteiger partial charge in [0.25, 0.3) is 12.3 Å². The van der Waals surface area contributed by atoms with Gasteiger partial charge in [-0.2, -0.15) is 20.1 Å². The summed E-state index contributed by atoms with van der Waals surface area (Å²) in [5.74, 6) is -0.598. The van der Waals surface area contributed by atoms with E-state index in [4.69, 9.17) is 0 Å². The summed E-state index contributed by atoms with van der Waals surface area (Å²) in [6, 6.07) is 3.44. The van der Waals surface area contributed by atoms with Gasteiger partial charge in [0.15, 0.2) is 11.3 Å². The van der Waals surface area contributed by atoms with Crippen molar-refractivity contribution >= 4 is 17.2 Å². The highest BCUT2D eigenvalue weighted by atomic mass is 19.3. The molecule has 1 saturated carbocycles. The first kappa shape index (κ1) is 20.7. The van der Waals surface area contributed by atoms with Crippen molar-refractivity contribution in [2.45, 2.75) is 38.2 Å². The Bertz CT molecular complexity index is 1350. The van der Waals surface area contributed by atoms with Gasteiger partial charge in [-0.3, -0.25) is 9.48 Å². The zero-order chi connectivity index (χ0) is 23.2. The van der Waals surface area contributed by atoms with Crippen LogP contribution in [0.3, 0.4) is 0 Å². The molecule has 0 unspecified atom stereocenters. The number of nitrogens with one attached hydrogen (secondary N) is 2. The van der Waals surface area contributed by atoms with Gasteiger partial charge in [0, 0.05) is 18.9 Å². The number of amides is 1. The highest BCUT2D eigenvalue weighted by molar-refractivity contribution is 6.03. The molecule has 5 heterocycles. The Morgan fingerprint density at radius 1 is 1.21 bits per heavy atom. The summed E-state index contributed by atoms with van der Waals surface area (Å²) in [5, 5.41) is 17.2. The van der Waals surface area contributed by atoms with Crippen molar-refractivity contribution < 1.29 is 13.6 Å². The standard InChI is InChI=1S/C21H22F2N10O/c22-19(23)18-16(12-31(29-18)13-3-1-4-13)28-21(34)15-6-10-30-20(27-15)14(11-26-30)17-5-8-25-33(17)32-9-2-7-24-32/h5-6,8,10-13,19,24H,1-4,7,9H2,(H,28,34). The summed E-state index contributed by atoms with van der Waals surface area (Å²) in [5.41, 5.74) is 4.79. The Balaban J connectivity index is 1.31. The highest BCUT2D eigenvalue weighted by Crippen LogP contribution is 2.34. The van der Waals surface area contributed by atoms with E-state index in [0.717, 1.165) is 44.5 Å². The largest absolute Gasteiger partial charge is 0.318 e.